The number of nitrogens with zero attached hydrogens (tertiary/aromatic N) is 1. The van der Waals surface area contributed by atoms with Gasteiger partial charge in [0.25, 0.3) is 0 Å². The molecule has 0 aromatic heterocycles. The van der Waals surface area contributed by atoms with Gasteiger partial charge in [0.1, 0.15) is 0 Å². The maximum atomic E-state index is 12.3. The van der Waals surface area contributed by atoms with Crippen LogP contribution in [0.15, 0.2) is 30.3 Å². The van der Waals surface area contributed by atoms with Gasteiger partial charge in [-0.3, -0.25) is 9.69 Å². The molecule has 0 bridgehead atoms. The summed E-state index contributed by atoms with van der Waals surface area (Å²) in [6, 6.07) is 9.55. The molecule has 19 heavy (non-hydrogen) atoms. The van der Waals surface area contributed by atoms with Gasteiger partial charge in [-0.1, -0.05) is 37.3 Å². The first-order valence-electron chi connectivity index (χ1n) is 7.03. The fraction of sp³-hybridized carbons (Fsp3) is 0.562. The van der Waals surface area contributed by atoms with Crippen molar-refractivity contribution in [3.8, 4) is 0 Å². The molecule has 1 aromatic carbocycles. The SMILES string of the molecule is CC(CN1C[C@@H](C)O[C@@H](C)C1)C(=O)c1ccccc1. The lowest BCUT2D eigenvalue weighted by Gasteiger charge is -2.36. The number of Topliss-reactive ketones (excluding diaryl/α,β-unsaturated/α-hetero) is 1. The molecule has 3 atom stereocenters. The van der Waals surface area contributed by atoms with E-state index in [2.05, 4.69) is 18.7 Å². The van der Waals surface area contributed by atoms with E-state index in [1.807, 2.05) is 37.3 Å². The Morgan fingerprint density at radius 1 is 1.26 bits per heavy atom. The molecular formula is C16H23NO2. The van der Waals surface area contributed by atoms with E-state index in [9.17, 15) is 4.79 Å². The second kappa shape index (κ2) is 6.31. The normalized spacial score (nSPS) is 26.1. The number of ketones is 1. The van der Waals surface area contributed by atoms with Crippen LogP contribution in [0.25, 0.3) is 0 Å². The van der Waals surface area contributed by atoms with Crippen LogP contribution in [0.2, 0.25) is 0 Å². The van der Waals surface area contributed by atoms with Gasteiger partial charge in [-0.25, -0.2) is 0 Å². The molecule has 2 rings (SSSR count). The fourth-order valence-corrected chi connectivity index (χ4v) is 2.79. The Kier molecular flexibility index (Phi) is 4.72. The molecule has 1 fully saturated rings. The lowest BCUT2D eigenvalue weighted by atomic mass is 9.98. The van der Waals surface area contributed by atoms with Gasteiger partial charge in [-0.2, -0.15) is 0 Å². The molecule has 0 radical (unpaired) electrons. The van der Waals surface area contributed by atoms with Crippen molar-refractivity contribution in [2.75, 3.05) is 19.6 Å². The zero-order chi connectivity index (χ0) is 13.8. The predicted molar refractivity (Wildman–Crippen MR) is 76.4 cm³/mol. The Balaban J connectivity index is 1.93. The van der Waals surface area contributed by atoms with Crippen LogP contribution >= 0.6 is 0 Å². The number of hydrogen-bond acceptors (Lipinski definition) is 3. The van der Waals surface area contributed by atoms with Crippen LogP contribution < -0.4 is 0 Å². The van der Waals surface area contributed by atoms with Crippen molar-refractivity contribution in [3.05, 3.63) is 35.9 Å². The number of carbonyl (C=O) groups excluding carboxylic acids is 1. The van der Waals surface area contributed by atoms with Crippen LogP contribution in [-0.2, 0) is 4.74 Å². The molecule has 1 aliphatic rings. The molecule has 104 valence electrons. The van der Waals surface area contributed by atoms with Gasteiger partial charge in [-0.05, 0) is 13.8 Å². The summed E-state index contributed by atoms with van der Waals surface area (Å²) in [7, 11) is 0. The molecule has 1 heterocycles. The van der Waals surface area contributed by atoms with Crippen molar-refractivity contribution in [2.45, 2.75) is 33.0 Å². The highest BCUT2D eigenvalue weighted by Crippen LogP contribution is 2.15. The summed E-state index contributed by atoms with van der Waals surface area (Å²) in [4.78, 5) is 14.7. The van der Waals surface area contributed by atoms with Crippen molar-refractivity contribution < 1.29 is 9.53 Å². The number of morpholine rings is 1. The van der Waals surface area contributed by atoms with Gasteiger partial charge >= 0.3 is 0 Å². The predicted octanol–water partition coefficient (Wildman–Crippen LogP) is 2.61. The van der Waals surface area contributed by atoms with Gasteiger partial charge < -0.3 is 4.74 Å². The van der Waals surface area contributed by atoms with E-state index in [4.69, 9.17) is 4.74 Å². The number of ether oxygens (including phenoxy) is 1. The van der Waals surface area contributed by atoms with Crippen molar-refractivity contribution in [1.29, 1.82) is 0 Å². The quantitative estimate of drug-likeness (QED) is 0.780. The van der Waals surface area contributed by atoms with E-state index in [0.29, 0.717) is 0 Å². The molecule has 3 heteroatoms. The Morgan fingerprint density at radius 3 is 2.42 bits per heavy atom. The number of hydrogen-bond donors (Lipinski definition) is 0. The van der Waals surface area contributed by atoms with E-state index in [0.717, 1.165) is 25.2 Å². The first kappa shape index (κ1) is 14.2. The van der Waals surface area contributed by atoms with Gasteiger partial charge in [0.15, 0.2) is 5.78 Å². The maximum Gasteiger partial charge on any atom is 0.166 e. The summed E-state index contributed by atoms with van der Waals surface area (Å²) in [6.45, 7) is 8.83. The van der Waals surface area contributed by atoms with Crippen LogP contribution in [0.1, 0.15) is 31.1 Å². The molecule has 1 unspecified atom stereocenters. The lowest BCUT2D eigenvalue weighted by Crippen LogP contribution is -2.47. The number of carbonyl (C=O) groups is 1. The minimum atomic E-state index is 0.0277. The summed E-state index contributed by atoms with van der Waals surface area (Å²) in [6.07, 6.45) is 0.505. The van der Waals surface area contributed by atoms with Crippen molar-refractivity contribution in [2.24, 2.45) is 5.92 Å². The van der Waals surface area contributed by atoms with Crippen LogP contribution in [0.4, 0.5) is 0 Å². The zero-order valence-corrected chi connectivity index (χ0v) is 12.0. The van der Waals surface area contributed by atoms with Gasteiger partial charge in [0.2, 0.25) is 0 Å². The Morgan fingerprint density at radius 2 is 1.84 bits per heavy atom. The highest BCUT2D eigenvalue weighted by molar-refractivity contribution is 5.97. The lowest BCUT2D eigenvalue weighted by molar-refractivity contribution is -0.0700. The third kappa shape index (κ3) is 3.88. The smallest absolute Gasteiger partial charge is 0.166 e. The minimum absolute atomic E-state index is 0.0277. The first-order chi connectivity index (χ1) is 9.06. The Hall–Kier alpha value is -1.19. The number of benzene rings is 1. The number of rotatable bonds is 4. The van der Waals surface area contributed by atoms with Crippen LogP contribution in [0.5, 0.6) is 0 Å². The molecule has 0 amide bonds. The molecule has 3 nitrogen and oxygen atoms in total. The van der Waals surface area contributed by atoms with Crippen molar-refractivity contribution in [3.63, 3.8) is 0 Å². The minimum Gasteiger partial charge on any atom is -0.373 e. The average Bonchev–Trinajstić information content (AvgIpc) is 2.37. The van der Waals surface area contributed by atoms with Gasteiger partial charge in [-0.15, -0.1) is 0 Å². The van der Waals surface area contributed by atoms with E-state index in [1.165, 1.54) is 0 Å². The van der Waals surface area contributed by atoms with Crippen molar-refractivity contribution in [1.82, 2.24) is 4.90 Å². The van der Waals surface area contributed by atoms with E-state index < -0.39 is 0 Å². The molecule has 1 aromatic rings. The van der Waals surface area contributed by atoms with E-state index in [-0.39, 0.29) is 23.9 Å². The second-order valence-electron chi connectivity index (χ2n) is 5.61. The summed E-state index contributed by atoms with van der Waals surface area (Å²) >= 11 is 0. The molecule has 1 saturated heterocycles. The second-order valence-corrected chi connectivity index (χ2v) is 5.61. The first-order valence-corrected chi connectivity index (χ1v) is 7.03. The standard InChI is InChI=1S/C16H23NO2/c1-12(16(18)15-7-5-4-6-8-15)9-17-10-13(2)19-14(3)11-17/h4-8,12-14H,9-11H2,1-3H3/t12?,13-,14+. The molecule has 0 saturated carbocycles. The topological polar surface area (TPSA) is 29.5 Å². The Labute approximate surface area is 115 Å². The average molecular weight is 261 g/mol. The summed E-state index contributed by atoms with van der Waals surface area (Å²) in [5.41, 5.74) is 0.810. The van der Waals surface area contributed by atoms with Gasteiger partial charge in [0.05, 0.1) is 12.2 Å². The van der Waals surface area contributed by atoms with Crippen LogP contribution in [0.3, 0.4) is 0 Å². The monoisotopic (exact) mass is 261 g/mol. The van der Waals surface area contributed by atoms with Crippen LogP contribution in [0, 0.1) is 5.92 Å². The highest BCUT2D eigenvalue weighted by Gasteiger charge is 2.25. The molecule has 1 aliphatic heterocycles. The maximum absolute atomic E-state index is 12.3. The van der Waals surface area contributed by atoms with Gasteiger partial charge in [0, 0.05) is 31.1 Å². The molecule has 0 N–H and O–H groups in total. The largest absolute Gasteiger partial charge is 0.373 e. The third-order valence-electron chi connectivity index (χ3n) is 3.53. The summed E-state index contributed by atoms with van der Waals surface area (Å²) in [5.74, 6) is 0.257. The molecule has 0 spiro atoms. The zero-order valence-electron chi connectivity index (χ0n) is 12.0. The molecular weight excluding hydrogens is 238 g/mol. The highest BCUT2D eigenvalue weighted by atomic mass is 16.5. The molecule has 0 aliphatic carbocycles. The fourth-order valence-electron chi connectivity index (χ4n) is 2.79. The third-order valence-corrected chi connectivity index (χ3v) is 3.53. The van der Waals surface area contributed by atoms with Crippen molar-refractivity contribution >= 4 is 5.78 Å². The van der Waals surface area contributed by atoms with E-state index in [1.54, 1.807) is 0 Å². The Bertz CT molecular complexity index is 408. The van der Waals surface area contributed by atoms with Crippen LogP contribution in [-0.4, -0.2) is 42.5 Å². The summed E-state index contributed by atoms with van der Waals surface area (Å²) in [5, 5.41) is 0. The van der Waals surface area contributed by atoms with E-state index >= 15 is 0 Å². The summed E-state index contributed by atoms with van der Waals surface area (Å²) < 4.78 is 5.72.